The summed E-state index contributed by atoms with van der Waals surface area (Å²) in [4.78, 5) is 7.16. The third kappa shape index (κ3) is 5.20. The molecule has 1 aromatic heterocycles. The zero-order valence-corrected chi connectivity index (χ0v) is 19.6. The van der Waals surface area contributed by atoms with Crippen molar-refractivity contribution in [3.8, 4) is 5.75 Å². The Bertz CT molecular complexity index is 1120. The summed E-state index contributed by atoms with van der Waals surface area (Å²) in [6.07, 6.45) is 0.756. The van der Waals surface area contributed by atoms with Gasteiger partial charge in [-0.15, -0.1) is 11.3 Å². The van der Waals surface area contributed by atoms with Gasteiger partial charge in [0.25, 0.3) is 0 Å². The van der Waals surface area contributed by atoms with Gasteiger partial charge >= 0.3 is 0 Å². The van der Waals surface area contributed by atoms with Crippen molar-refractivity contribution in [1.29, 1.82) is 0 Å². The number of hydrogen-bond donors (Lipinski definition) is 0. The van der Waals surface area contributed by atoms with Crippen LogP contribution in [0.25, 0.3) is 0 Å². The molecular weight excluding hydrogens is 454 g/mol. The van der Waals surface area contributed by atoms with Crippen LogP contribution in [0.5, 0.6) is 5.75 Å². The van der Waals surface area contributed by atoms with Crippen molar-refractivity contribution in [2.45, 2.75) is 18.2 Å². The molecule has 6 nitrogen and oxygen atoms in total. The van der Waals surface area contributed by atoms with Gasteiger partial charge in [0.15, 0.2) is 5.13 Å². The van der Waals surface area contributed by atoms with Crippen molar-refractivity contribution >= 4 is 38.1 Å². The van der Waals surface area contributed by atoms with E-state index in [1.54, 1.807) is 29.5 Å². The van der Waals surface area contributed by atoms with Crippen molar-refractivity contribution < 1.29 is 13.2 Å². The van der Waals surface area contributed by atoms with Crippen molar-refractivity contribution in [1.82, 2.24) is 9.29 Å². The number of thiazole rings is 1. The zero-order valence-electron chi connectivity index (χ0n) is 17.2. The van der Waals surface area contributed by atoms with E-state index in [2.05, 4.69) is 22.4 Å². The highest BCUT2D eigenvalue weighted by Crippen LogP contribution is 2.26. The van der Waals surface area contributed by atoms with E-state index in [1.165, 1.54) is 15.9 Å². The first-order chi connectivity index (χ1) is 15.0. The van der Waals surface area contributed by atoms with Crippen molar-refractivity contribution in [3.63, 3.8) is 0 Å². The minimum atomic E-state index is -3.54. The summed E-state index contributed by atoms with van der Waals surface area (Å²) in [5, 5.41) is 3.42. The lowest BCUT2D eigenvalue weighted by Crippen LogP contribution is -2.48. The molecule has 1 fully saturated rings. The van der Waals surface area contributed by atoms with E-state index in [0.29, 0.717) is 37.8 Å². The molecule has 0 bridgehead atoms. The number of ether oxygens (including phenoxy) is 1. The van der Waals surface area contributed by atoms with Gasteiger partial charge in [0.05, 0.1) is 17.2 Å². The lowest BCUT2D eigenvalue weighted by Gasteiger charge is -2.33. The van der Waals surface area contributed by atoms with Gasteiger partial charge in [0.1, 0.15) is 5.75 Å². The third-order valence-electron chi connectivity index (χ3n) is 5.10. The highest BCUT2D eigenvalue weighted by atomic mass is 35.5. The molecule has 0 unspecified atom stereocenters. The fourth-order valence-corrected chi connectivity index (χ4v) is 6.10. The number of benzene rings is 2. The summed E-state index contributed by atoms with van der Waals surface area (Å²) >= 11 is 7.57. The Morgan fingerprint density at radius 1 is 1.10 bits per heavy atom. The number of aromatic nitrogens is 1. The van der Waals surface area contributed by atoms with E-state index in [1.807, 2.05) is 19.1 Å². The molecule has 164 valence electrons. The van der Waals surface area contributed by atoms with E-state index >= 15 is 0 Å². The zero-order chi connectivity index (χ0) is 21.8. The molecule has 1 aliphatic heterocycles. The Kier molecular flexibility index (Phi) is 6.81. The van der Waals surface area contributed by atoms with E-state index in [4.69, 9.17) is 21.3 Å². The molecule has 9 heteroatoms. The molecule has 0 N–H and O–H groups in total. The second kappa shape index (κ2) is 9.56. The number of nitrogens with zero attached hydrogens (tertiary/aromatic N) is 3. The second-order valence-corrected chi connectivity index (χ2v) is 10.4. The topological polar surface area (TPSA) is 62.7 Å². The van der Waals surface area contributed by atoms with Gasteiger partial charge in [-0.3, -0.25) is 0 Å². The molecular formula is C22H24ClN3O3S2. The van der Waals surface area contributed by atoms with Gasteiger partial charge in [-0.25, -0.2) is 13.4 Å². The van der Waals surface area contributed by atoms with Crippen LogP contribution < -0.4 is 9.64 Å². The second-order valence-electron chi connectivity index (χ2n) is 7.22. The van der Waals surface area contributed by atoms with Crippen molar-refractivity contribution in [2.24, 2.45) is 0 Å². The van der Waals surface area contributed by atoms with E-state index in [9.17, 15) is 8.42 Å². The fourth-order valence-electron chi connectivity index (χ4n) is 3.50. The molecule has 0 aliphatic carbocycles. The van der Waals surface area contributed by atoms with Crippen LogP contribution in [0, 0.1) is 0 Å². The largest absolute Gasteiger partial charge is 0.494 e. The summed E-state index contributed by atoms with van der Waals surface area (Å²) in [6, 6.07) is 14.5. The van der Waals surface area contributed by atoms with E-state index in [-0.39, 0.29) is 4.90 Å². The average molecular weight is 478 g/mol. The Hall–Kier alpha value is -2.13. The molecule has 2 heterocycles. The first-order valence-electron chi connectivity index (χ1n) is 10.1. The Morgan fingerprint density at radius 3 is 2.52 bits per heavy atom. The van der Waals surface area contributed by atoms with Gasteiger partial charge in [0, 0.05) is 43.0 Å². The third-order valence-corrected chi connectivity index (χ3v) is 8.18. The molecule has 2 aromatic carbocycles. The minimum Gasteiger partial charge on any atom is -0.494 e. The molecule has 0 radical (unpaired) electrons. The van der Waals surface area contributed by atoms with Gasteiger partial charge in [0.2, 0.25) is 10.0 Å². The average Bonchev–Trinajstić information content (AvgIpc) is 3.24. The first-order valence-corrected chi connectivity index (χ1v) is 12.8. The molecule has 31 heavy (non-hydrogen) atoms. The van der Waals surface area contributed by atoms with Crippen molar-refractivity contribution in [3.05, 3.63) is 70.2 Å². The minimum absolute atomic E-state index is 0.236. The van der Waals surface area contributed by atoms with Crippen molar-refractivity contribution in [2.75, 3.05) is 37.7 Å². The maximum atomic E-state index is 12.9. The van der Waals surface area contributed by atoms with Crippen LogP contribution in [0.15, 0.2) is 58.8 Å². The van der Waals surface area contributed by atoms with Crippen LogP contribution in [-0.2, 0) is 16.4 Å². The van der Waals surface area contributed by atoms with Crippen LogP contribution in [0.4, 0.5) is 5.13 Å². The monoisotopic (exact) mass is 477 g/mol. The molecule has 0 saturated carbocycles. The predicted octanol–water partition coefficient (Wildman–Crippen LogP) is 4.30. The number of sulfonamides is 1. The maximum Gasteiger partial charge on any atom is 0.243 e. The number of rotatable bonds is 7. The molecule has 0 amide bonds. The number of anilines is 1. The van der Waals surface area contributed by atoms with Crippen LogP contribution >= 0.6 is 22.9 Å². The van der Waals surface area contributed by atoms with E-state index in [0.717, 1.165) is 23.0 Å². The summed E-state index contributed by atoms with van der Waals surface area (Å²) in [5.41, 5.74) is 2.19. The summed E-state index contributed by atoms with van der Waals surface area (Å²) in [5.74, 6) is 0.871. The van der Waals surface area contributed by atoms with Gasteiger partial charge in [-0.1, -0.05) is 29.8 Å². The Morgan fingerprint density at radius 2 is 1.84 bits per heavy atom. The van der Waals surface area contributed by atoms with Crippen LogP contribution in [-0.4, -0.2) is 50.5 Å². The van der Waals surface area contributed by atoms with Gasteiger partial charge in [-0.2, -0.15) is 4.31 Å². The standard InChI is InChI=1S/C22H24ClN3O3S2/c1-2-29-20-8-6-17(7-9-20)14-19-16-30-22(24-19)25-10-12-26(13-11-25)31(27,28)21-5-3-4-18(23)15-21/h3-9,15-16H,2,10-14H2,1H3. The predicted molar refractivity (Wildman–Crippen MR) is 125 cm³/mol. The molecule has 4 rings (SSSR count). The van der Waals surface area contributed by atoms with Crippen LogP contribution in [0.1, 0.15) is 18.2 Å². The Labute approximate surface area is 192 Å². The quantitative estimate of drug-likeness (QED) is 0.507. The summed E-state index contributed by atoms with van der Waals surface area (Å²) in [6.45, 7) is 4.68. The fraction of sp³-hybridized carbons (Fsp3) is 0.318. The number of hydrogen-bond acceptors (Lipinski definition) is 6. The van der Waals surface area contributed by atoms with Gasteiger partial charge < -0.3 is 9.64 Å². The highest BCUT2D eigenvalue weighted by Gasteiger charge is 2.29. The normalized spacial score (nSPS) is 15.2. The molecule has 0 atom stereocenters. The summed E-state index contributed by atoms with van der Waals surface area (Å²) < 4.78 is 32.8. The number of halogens is 1. The molecule has 0 spiro atoms. The maximum absolute atomic E-state index is 12.9. The van der Waals surface area contributed by atoms with Gasteiger partial charge in [-0.05, 0) is 42.8 Å². The molecule has 3 aromatic rings. The van der Waals surface area contributed by atoms with E-state index < -0.39 is 10.0 Å². The highest BCUT2D eigenvalue weighted by molar-refractivity contribution is 7.89. The van der Waals surface area contributed by atoms with Crippen LogP contribution in [0.3, 0.4) is 0 Å². The lowest BCUT2D eigenvalue weighted by atomic mass is 10.1. The number of piperazine rings is 1. The summed E-state index contributed by atoms with van der Waals surface area (Å²) in [7, 11) is -3.54. The Balaban J connectivity index is 1.37. The lowest BCUT2D eigenvalue weighted by molar-refractivity contribution is 0.340. The molecule has 1 saturated heterocycles. The van der Waals surface area contributed by atoms with Crippen LogP contribution in [0.2, 0.25) is 5.02 Å². The SMILES string of the molecule is CCOc1ccc(Cc2csc(N3CCN(S(=O)(=O)c4cccc(Cl)c4)CC3)n2)cc1. The smallest absolute Gasteiger partial charge is 0.243 e. The first kappa shape index (κ1) is 22.1. The molecule has 1 aliphatic rings.